The van der Waals surface area contributed by atoms with Crippen molar-refractivity contribution in [2.45, 2.75) is 25.4 Å². The largest absolute Gasteiger partial charge is 0.364 e. The second kappa shape index (κ2) is 3.81. The molecular weight excluding hydrogens is 219 g/mol. The summed E-state index contributed by atoms with van der Waals surface area (Å²) in [7, 11) is 0. The second-order valence-electron chi connectivity index (χ2n) is 3.99. The van der Waals surface area contributed by atoms with Crippen LogP contribution in [0.5, 0.6) is 0 Å². The molecule has 0 aliphatic heterocycles. The van der Waals surface area contributed by atoms with Gasteiger partial charge in [0, 0.05) is 5.56 Å². The number of alkyl halides is 3. The number of carbonyl (C=O) groups excluding carboxylic acids is 1. The number of halogens is 3. The van der Waals surface area contributed by atoms with E-state index in [-0.39, 0.29) is 5.56 Å². The number of hydrogen-bond donors (Lipinski definition) is 1. The fraction of sp³-hybridized carbons (Fsp3) is 0.364. The average Bonchev–Trinajstić information content (AvgIpc) is 2.16. The second-order valence-corrected chi connectivity index (χ2v) is 3.99. The van der Waals surface area contributed by atoms with Gasteiger partial charge in [0.15, 0.2) is 0 Å². The van der Waals surface area contributed by atoms with Crippen LogP contribution in [0.3, 0.4) is 0 Å². The van der Waals surface area contributed by atoms with Crippen LogP contribution in [0, 0.1) is 0 Å². The minimum atomic E-state index is -3.72. The van der Waals surface area contributed by atoms with Crippen LogP contribution < -0.4 is 5.73 Å². The highest BCUT2D eigenvalue weighted by Crippen LogP contribution is 2.30. The van der Waals surface area contributed by atoms with E-state index in [2.05, 4.69) is 5.73 Å². The van der Waals surface area contributed by atoms with E-state index in [1.807, 2.05) is 0 Å². The zero-order valence-corrected chi connectivity index (χ0v) is 8.93. The van der Waals surface area contributed by atoms with Gasteiger partial charge in [-0.25, -0.2) is 4.39 Å². The van der Waals surface area contributed by atoms with Crippen molar-refractivity contribution in [3.8, 4) is 0 Å². The number of primary amides is 1. The minimum absolute atomic E-state index is 0.261. The van der Waals surface area contributed by atoms with Crippen LogP contribution in [0.1, 0.15) is 25.0 Å². The normalized spacial score (nSPS) is 12.6. The predicted molar refractivity (Wildman–Crippen MR) is 53.7 cm³/mol. The maximum absolute atomic E-state index is 13.4. The van der Waals surface area contributed by atoms with Gasteiger partial charge in [0.1, 0.15) is 5.67 Å². The highest BCUT2D eigenvalue weighted by molar-refractivity contribution is 5.83. The molecular formula is C11H12F3NO. The van der Waals surface area contributed by atoms with Crippen molar-refractivity contribution in [1.29, 1.82) is 0 Å². The first-order valence-electron chi connectivity index (χ1n) is 4.63. The minimum Gasteiger partial charge on any atom is -0.364 e. The Hall–Kier alpha value is -1.52. The third-order valence-corrected chi connectivity index (χ3v) is 2.24. The van der Waals surface area contributed by atoms with E-state index in [4.69, 9.17) is 0 Å². The van der Waals surface area contributed by atoms with Gasteiger partial charge in [-0.3, -0.25) is 4.79 Å². The molecule has 0 radical (unpaired) electrons. The smallest absolute Gasteiger partial charge is 0.349 e. The molecule has 1 amide bonds. The van der Waals surface area contributed by atoms with Crippen LogP contribution in [-0.4, -0.2) is 5.91 Å². The molecule has 0 aliphatic rings. The zero-order chi connectivity index (χ0) is 12.6. The first-order chi connectivity index (χ1) is 7.15. The lowest BCUT2D eigenvalue weighted by Gasteiger charge is -2.17. The van der Waals surface area contributed by atoms with E-state index in [0.29, 0.717) is 0 Å². The fourth-order valence-electron chi connectivity index (χ4n) is 1.22. The number of benzene rings is 1. The molecule has 0 bridgehead atoms. The van der Waals surface area contributed by atoms with Crippen LogP contribution in [0.25, 0.3) is 0 Å². The molecule has 0 aliphatic carbocycles. The monoisotopic (exact) mass is 231 g/mol. The van der Waals surface area contributed by atoms with Crippen molar-refractivity contribution < 1.29 is 18.0 Å². The Bertz CT molecular complexity index is 393. The Morgan fingerprint density at radius 2 is 1.44 bits per heavy atom. The molecule has 2 N–H and O–H groups in total. The highest BCUT2D eigenvalue weighted by Gasteiger charge is 2.38. The lowest BCUT2D eigenvalue weighted by atomic mass is 9.97. The first-order valence-corrected chi connectivity index (χ1v) is 4.63. The van der Waals surface area contributed by atoms with Gasteiger partial charge in [0.05, 0.1) is 0 Å². The number of rotatable bonds is 3. The van der Waals surface area contributed by atoms with Gasteiger partial charge >= 0.3 is 5.92 Å². The lowest BCUT2D eigenvalue weighted by molar-refractivity contribution is -0.143. The van der Waals surface area contributed by atoms with Gasteiger partial charge in [-0.15, -0.1) is 0 Å². The van der Waals surface area contributed by atoms with Gasteiger partial charge in [-0.1, -0.05) is 24.3 Å². The molecule has 5 heteroatoms. The van der Waals surface area contributed by atoms with E-state index < -0.39 is 23.1 Å². The van der Waals surface area contributed by atoms with Crippen molar-refractivity contribution in [3.05, 3.63) is 35.4 Å². The van der Waals surface area contributed by atoms with Gasteiger partial charge in [0.2, 0.25) is 0 Å². The molecule has 0 spiro atoms. The van der Waals surface area contributed by atoms with Crippen LogP contribution >= 0.6 is 0 Å². The van der Waals surface area contributed by atoms with E-state index in [9.17, 15) is 18.0 Å². The Morgan fingerprint density at radius 3 is 1.75 bits per heavy atom. The van der Waals surface area contributed by atoms with Crippen molar-refractivity contribution in [3.63, 3.8) is 0 Å². The summed E-state index contributed by atoms with van der Waals surface area (Å²) in [5.41, 5.74) is 2.68. The van der Waals surface area contributed by atoms with Crippen molar-refractivity contribution in [1.82, 2.24) is 0 Å². The molecule has 0 unspecified atom stereocenters. The molecule has 1 aromatic rings. The van der Waals surface area contributed by atoms with Crippen LogP contribution in [0.4, 0.5) is 13.2 Å². The molecule has 0 saturated carbocycles. The Balaban J connectivity index is 3.09. The fourth-order valence-corrected chi connectivity index (χ4v) is 1.22. The molecule has 88 valence electrons. The van der Waals surface area contributed by atoms with E-state index in [0.717, 1.165) is 12.1 Å². The van der Waals surface area contributed by atoms with Gasteiger partial charge < -0.3 is 5.73 Å². The molecule has 2 nitrogen and oxygen atoms in total. The van der Waals surface area contributed by atoms with E-state index in [1.165, 1.54) is 26.0 Å². The average molecular weight is 231 g/mol. The molecule has 1 aromatic carbocycles. The summed E-state index contributed by atoms with van der Waals surface area (Å²) < 4.78 is 39.7. The summed E-state index contributed by atoms with van der Waals surface area (Å²) in [6.07, 6.45) is 0. The summed E-state index contributed by atoms with van der Waals surface area (Å²) in [6, 6.07) is 4.43. The lowest BCUT2D eigenvalue weighted by Crippen LogP contribution is -2.32. The van der Waals surface area contributed by atoms with Crippen molar-refractivity contribution in [2.75, 3.05) is 0 Å². The summed E-state index contributed by atoms with van der Waals surface area (Å²) in [4.78, 5) is 10.5. The number of amides is 1. The van der Waals surface area contributed by atoms with E-state index in [1.54, 1.807) is 0 Å². The number of nitrogens with two attached hydrogens (primary N) is 1. The topological polar surface area (TPSA) is 43.1 Å². The summed E-state index contributed by atoms with van der Waals surface area (Å²) in [5.74, 6) is -5.45. The predicted octanol–water partition coefficient (Wildman–Crippen LogP) is 2.47. The third-order valence-electron chi connectivity index (χ3n) is 2.24. The van der Waals surface area contributed by atoms with Crippen LogP contribution in [0.2, 0.25) is 0 Å². The maximum atomic E-state index is 13.4. The zero-order valence-electron chi connectivity index (χ0n) is 8.93. The SMILES string of the molecule is CC(C)(F)c1ccc(C(F)(F)C(N)=O)cc1. The van der Waals surface area contributed by atoms with Gasteiger partial charge in [-0.05, 0) is 19.4 Å². The molecule has 1 rings (SSSR count). The molecule has 0 heterocycles. The van der Waals surface area contributed by atoms with Crippen molar-refractivity contribution >= 4 is 5.91 Å². The Morgan fingerprint density at radius 1 is 1.06 bits per heavy atom. The van der Waals surface area contributed by atoms with Crippen molar-refractivity contribution in [2.24, 2.45) is 5.73 Å². The summed E-state index contributed by atoms with van der Waals surface area (Å²) in [5, 5.41) is 0. The summed E-state index contributed by atoms with van der Waals surface area (Å²) in [6.45, 7) is 2.63. The maximum Gasteiger partial charge on any atom is 0.349 e. The van der Waals surface area contributed by atoms with E-state index >= 15 is 0 Å². The molecule has 16 heavy (non-hydrogen) atoms. The highest BCUT2D eigenvalue weighted by atomic mass is 19.3. The van der Waals surface area contributed by atoms with Crippen LogP contribution in [-0.2, 0) is 16.4 Å². The Labute approximate surface area is 91.3 Å². The molecule has 0 aromatic heterocycles. The summed E-state index contributed by atoms with van der Waals surface area (Å²) >= 11 is 0. The van der Waals surface area contributed by atoms with Crippen LogP contribution in [0.15, 0.2) is 24.3 Å². The number of carbonyl (C=O) groups is 1. The molecule has 0 atom stereocenters. The van der Waals surface area contributed by atoms with Gasteiger partial charge in [0.25, 0.3) is 5.91 Å². The number of hydrogen-bond acceptors (Lipinski definition) is 1. The van der Waals surface area contributed by atoms with Gasteiger partial charge in [-0.2, -0.15) is 8.78 Å². The molecule has 0 fully saturated rings. The third kappa shape index (κ3) is 2.35. The Kier molecular flexibility index (Phi) is 2.99. The first kappa shape index (κ1) is 12.5. The quantitative estimate of drug-likeness (QED) is 0.853. The molecule has 0 saturated heterocycles. The standard InChI is InChI=1S/C11H12F3NO/c1-10(2,12)7-3-5-8(6-4-7)11(13,14)9(15)16/h3-6H,1-2H3,(H2,15,16).